The van der Waals surface area contributed by atoms with Crippen LogP contribution in [0.4, 0.5) is 0 Å². The standard InChI is InChI=1S/2ClH.Co.H2O4S/c;;;1-5(2,3)4/h2*1H;;(H2,1,2,3,4)/q;;+4;/p-4. The van der Waals surface area contributed by atoms with E-state index in [1.54, 1.807) is 0 Å². The summed E-state index contributed by atoms with van der Waals surface area (Å²) in [6, 6.07) is 0. The summed E-state index contributed by atoms with van der Waals surface area (Å²) >= 11 is 0.382. The van der Waals surface area contributed by atoms with Crippen LogP contribution in [0.5, 0.6) is 0 Å². The Morgan fingerprint density at radius 1 is 1.25 bits per heavy atom. The summed E-state index contributed by atoms with van der Waals surface area (Å²) in [7, 11) is 4.30. The fourth-order valence-electron chi connectivity index (χ4n) is 0. The van der Waals surface area contributed by atoms with Crippen LogP contribution in [-0.4, -0.2) is 17.5 Å². The Hall–Kier alpha value is 0.956. The van der Waals surface area contributed by atoms with Gasteiger partial charge >= 0.3 is 33.2 Å². The van der Waals surface area contributed by atoms with Crippen molar-refractivity contribution in [1.82, 2.24) is 0 Å². The van der Waals surface area contributed by atoms with Crippen LogP contribution in [0.3, 0.4) is 0 Å². The molecule has 0 saturated heterocycles. The predicted molar refractivity (Wildman–Crippen MR) is 22.2 cm³/mol. The van der Waals surface area contributed by atoms with Crippen molar-refractivity contribution in [1.29, 1.82) is 0 Å². The maximum atomic E-state index is 8.52. The van der Waals surface area contributed by atoms with Crippen molar-refractivity contribution in [3.05, 3.63) is 0 Å². The summed E-state index contributed by atoms with van der Waals surface area (Å²) in [4.78, 5) is 0. The van der Waals surface area contributed by atoms with E-state index in [2.05, 4.69) is 0 Å². The van der Waals surface area contributed by atoms with Gasteiger partial charge in [0.05, 0.1) is 0 Å². The van der Waals surface area contributed by atoms with E-state index >= 15 is 0 Å². The van der Waals surface area contributed by atoms with E-state index in [-0.39, 0.29) is 0 Å². The normalized spacial score (nSPS) is 9.50. The topological polar surface area (TPSA) is 80.3 Å². The molecule has 0 aromatic heterocycles. The minimum absolute atomic E-state index is 0.382. The molecule has 0 saturated carbocycles. The van der Waals surface area contributed by atoms with Crippen LogP contribution in [0.2, 0.25) is 0 Å². The Labute approximate surface area is 61.2 Å². The van der Waals surface area contributed by atoms with Gasteiger partial charge in [-0.2, -0.15) is 0 Å². The van der Waals surface area contributed by atoms with Crippen molar-refractivity contribution in [2.75, 3.05) is 0 Å². The first-order valence-corrected chi connectivity index (χ1v) is 5.12. The van der Waals surface area contributed by atoms with Crippen molar-refractivity contribution in [3.63, 3.8) is 0 Å². The number of hydrogen-bond acceptors (Lipinski definition) is 4. The predicted octanol–water partition coefficient (Wildman–Crippen LogP) is 0.0385. The van der Waals surface area contributed by atoms with Gasteiger partial charge in [-0.05, 0) is 0 Å². The number of halogens is 2. The molecule has 8 heavy (non-hydrogen) atoms. The van der Waals surface area contributed by atoms with Gasteiger partial charge in [0.1, 0.15) is 0 Å². The Balaban J connectivity index is 0. The molecule has 0 heterocycles. The third kappa shape index (κ3) is 270. The molecule has 0 amide bonds. The molecular formula is Cl2CoO4S. The van der Waals surface area contributed by atoms with E-state index in [4.69, 9.17) is 37.8 Å². The quantitative estimate of drug-likeness (QED) is 0.431. The van der Waals surface area contributed by atoms with Gasteiger partial charge in [0.25, 0.3) is 0 Å². The van der Waals surface area contributed by atoms with Crippen LogP contribution in [0.15, 0.2) is 0 Å². The third-order valence-electron chi connectivity index (χ3n) is 0. The van der Waals surface area contributed by atoms with Crippen molar-refractivity contribution in [2.24, 2.45) is 0 Å². The van der Waals surface area contributed by atoms with Crippen molar-refractivity contribution < 1.29 is 30.4 Å². The molecule has 53 valence electrons. The first-order valence-electron chi connectivity index (χ1n) is 0.919. The zero-order chi connectivity index (χ0) is 7.21. The molecule has 8 heteroatoms. The molecule has 0 spiro atoms. The van der Waals surface area contributed by atoms with Crippen LogP contribution >= 0.6 is 20.3 Å². The van der Waals surface area contributed by atoms with Gasteiger partial charge in [0, 0.05) is 10.4 Å². The molecule has 0 aliphatic carbocycles. The van der Waals surface area contributed by atoms with E-state index in [1.165, 1.54) is 0 Å². The average Bonchev–Trinajstić information content (AvgIpc) is 1.27. The first kappa shape index (κ1) is 11.7. The first-order chi connectivity index (χ1) is 3.41. The van der Waals surface area contributed by atoms with E-state index in [0.717, 1.165) is 0 Å². The zero-order valence-corrected chi connectivity index (χ0v) is 6.50. The van der Waals surface area contributed by atoms with Crippen molar-refractivity contribution in [3.8, 4) is 0 Å². The van der Waals surface area contributed by atoms with Gasteiger partial charge in [0.2, 0.25) is 0 Å². The molecule has 0 bridgehead atoms. The van der Waals surface area contributed by atoms with E-state index < -0.39 is 10.4 Å². The molecule has 0 aromatic rings. The Morgan fingerprint density at radius 3 is 1.25 bits per heavy atom. The molecule has 0 fully saturated rings. The second-order valence-corrected chi connectivity index (χ2v) is 2.99. The van der Waals surface area contributed by atoms with Crippen LogP contribution in [0.25, 0.3) is 0 Å². The molecular weight excluding hydrogens is 226 g/mol. The summed E-state index contributed by atoms with van der Waals surface area (Å²) in [5.41, 5.74) is 0. The van der Waals surface area contributed by atoms with Crippen LogP contribution in [0.1, 0.15) is 0 Å². The molecule has 4 nitrogen and oxygen atoms in total. The van der Waals surface area contributed by atoms with Crippen LogP contribution < -0.4 is 0 Å². The van der Waals surface area contributed by atoms with Gasteiger partial charge in [-0.25, -0.2) is 0 Å². The summed E-state index contributed by atoms with van der Waals surface area (Å²) in [6.07, 6.45) is 0. The fourth-order valence-corrected chi connectivity index (χ4v) is 0. The number of rotatable bonds is 0. The molecule has 0 atom stereocenters. The van der Waals surface area contributed by atoms with Gasteiger partial charge in [-0.1, -0.05) is 0 Å². The van der Waals surface area contributed by atoms with Gasteiger partial charge in [-0.3, -0.25) is 8.42 Å². The van der Waals surface area contributed by atoms with Crippen LogP contribution in [-0.2, 0) is 23.3 Å². The molecule has 0 N–H and O–H groups in total. The van der Waals surface area contributed by atoms with Crippen molar-refractivity contribution in [2.45, 2.75) is 0 Å². The van der Waals surface area contributed by atoms with E-state index in [0.29, 0.717) is 12.9 Å². The summed E-state index contributed by atoms with van der Waals surface area (Å²) in [6.45, 7) is 0. The third-order valence-corrected chi connectivity index (χ3v) is 0. The minimum atomic E-state index is -5.17. The second kappa shape index (κ2) is 6.08. The number of hydrogen-bond donors (Lipinski definition) is 0. The van der Waals surface area contributed by atoms with Gasteiger partial charge < -0.3 is 9.11 Å². The SMILES string of the molecule is O=S(=O)([O-])[O-].[Cl][Co+2][Cl]. The summed E-state index contributed by atoms with van der Waals surface area (Å²) in [5, 5.41) is 0. The summed E-state index contributed by atoms with van der Waals surface area (Å²) in [5.74, 6) is 0. The van der Waals surface area contributed by atoms with Crippen molar-refractivity contribution >= 4 is 30.7 Å². The Bertz CT molecular complexity index is 108. The van der Waals surface area contributed by atoms with Gasteiger partial charge in [-0.15, -0.1) is 0 Å². The van der Waals surface area contributed by atoms with Crippen LogP contribution in [0, 0.1) is 0 Å². The van der Waals surface area contributed by atoms with E-state index in [1.807, 2.05) is 0 Å². The monoisotopic (exact) mass is 225 g/mol. The molecule has 0 aliphatic rings. The molecule has 0 aromatic carbocycles. The van der Waals surface area contributed by atoms with E-state index in [9.17, 15) is 0 Å². The molecule has 0 rings (SSSR count). The molecule has 0 unspecified atom stereocenters. The maximum absolute atomic E-state index is 8.52. The Kier molecular flexibility index (Phi) is 8.91. The average molecular weight is 226 g/mol. The second-order valence-electron chi connectivity index (χ2n) is 0.456. The molecule has 0 aliphatic heterocycles. The fraction of sp³-hybridized carbons (Fsp3) is 0. The molecule has 0 radical (unpaired) electrons. The Morgan fingerprint density at radius 2 is 1.25 bits per heavy atom. The van der Waals surface area contributed by atoms with Gasteiger partial charge in [0.15, 0.2) is 0 Å². The zero-order valence-electron chi connectivity index (χ0n) is 3.13. The summed E-state index contributed by atoms with van der Waals surface area (Å²) < 4.78 is 34.1.